The Labute approximate surface area is 90.0 Å². The van der Waals surface area contributed by atoms with E-state index in [4.69, 9.17) is 12.2 Å². The number of amides is 1. The molecule has 0 aliphatic rings. The third-order valence-electron chi connectivity index (χ3n) is 2.04. The van der Waals surface area contributed by atoms with Gasteiger partial charge in [0.15, 0.2) is 5.78 Å². The van der Waals surface area contributed by atoms with Crippen LogP contribution < -0.4 is 5.73 Å². The molecule has 0 atom stereocenters. The number of hydrogen-bond acceptors (Lipinski definition) is 2. The van der Waals surface area contributed by atoms with E-state index in [1.165, 1.54) is 13.0 Å². The third-order valence-corrected chi connectivity index (χ3v) is 2.04. The predicted molar refractivity (Wildman–Crippen MR) is 59.8 cm³/mol. The monoisotopic (exact) mass is 205 g/mol. The fraction of sp³-hybridized carbons (Fsp3) is 0.333. The number of Topliss-reactive ketones (excluding diaryl/α,β-unsaturated/α-hetero) is 1. The molecule has 2 N–H and O–H groups in total. The van der Waals surface area contributed by atoms with Crippen LogP contribution in [0.15, 0.2) is 22.8 Å². The maximum absolute atomic E-state index is 11.2. The van der Waals surface area contributed by atoms with Crippen molar-refractivity contribution in [3.63, 3.8) is 0 Å². The molecule has 3 heteroatoms. The van der Waals surface area contributed by atoms with Gasteiger partial charge in [-0.2, -0.15) is 0 Å². The molecular formula is C12H15NO2. The van der Waals surface area contributed by atoms with Gasteiger partial charge in [-0.05, 0) is 37.5 Å². The lowest BCUT2D eigenvalue weighted by atomic mass is 10.0. The zero-order valence-electron chi connectivity index (χ0n) is 9.26. The molecule has 0 aromatic rings. The molecule has 0 bridgehead atoms. The van der Waals surface area contributed by atoms with Crippen LogP contribution in [0.1, 0.15) is 27.2 Å². The molecule has 0 saturated carbocycles. The average molecular weight is 205 g/mol. The van der Waals surface area contributed by atoms with Crippen molar-refractivity contribution in [2.24, 2.45) is 5.73 Å². The number of allylic oxidation sites excluding steroid dienone is 3. The molecule has 0 aliphatic heterocycles. The molecule has 0 saturated heterocycles. The zero-order chi connectivity index (χ0) is 12.0. The van der Waals surface area contributed by atoms with E-state index in [9.17, 15) is 9.59 Å². The van der Waals surface area contributed by atoms with Gasteiger partial charge < -0.3 is 5.73 Å². The summed E-state index contributed by atoms with van der Waals surface area (Å²) in [5.41, 5.74) is 6.49. The van der Waals surface area contributed by atoms with Gasteiger partial charge in [0.25, 0.3) is 5.91 Å². The van der Waals surface area contributed by atoms with Gasteiger partial charge >= 0.3 is 0 Å². The smallest absolute Gasteiger partial charge is 0.257 e. The predicted octanol–water partition coefficient (Wildman–Crippen LogP) is 1.35. The summed E-state index contributed by atoms with van der Waals surface area (Å²) in [6.07, 6.45) is 7.19. The summed E-state index contributed by atoms with van der Waals surface area (Å²) in [5.74, 6) is 1.51. The van der Waals surface area contributed by atoms with Gasteiger partial charge in [-0.15, -0.1) is 6.42 Å². The van der Waals surface area contributed by atoms with Crippen molar-refractivity contribution < 1.29 is 9.59 Å². The van der Waals surface area contributed by atoms with E-state index < -0.39 is 5.91 Å². The Hall–Kier alpha value is -1.82. The molecule has 0 aromatic carbocycles. The van der Waals surface area contributed by atoms with Gasteiger partial charge in [0.2, 0.25) is 0 Å². The first kappa shape index (κ1) is 13.2. The van der Waals surface area contributed by atoms with E-state index in [1.807, 2.05) is 6.92 Å². The Morgan fingerprint density at radius 2 is 1.93 bits per heavy atom. The van der Waals surface area contributed by atoms with Crippen LogP contribution >= 0.6 is 0 Å². The number of ketones is 1. The van der Waals surface area contributed by atoms with Crippen LogP contribution in [0.2, 0.25) is 0 Å². The lowest BCUT2D eigenvalue weighted by Gasteiger charge is -2.03. The molecule has 0 fully saturated rings. The summed E-state index contributed by atoms with van der Waals surface area (Å²) in [4.78, 5) is 22.1. The molecule has 15 heavy (non-hydrogen) atoms. The topological polar surface area (TPSA) is 60.2 Å². The quantitative estimate of drug-likeness (QED) is 0.428. The highest BCUT2D eigenvalue weighted by Crippen LogP contribution is 2.12. The maximum atomic E-state index is 11.2. The number of nitrogens with two attached hydrogens (primary N) is 1. The van der Waals surface area contributed by atoms with Crippen molar-refractivity contribution in [3.8, 4) is 12.3 Å². The molecule has 0 heterocycles. The highest BCUT2D eigenvalue weighted by molar-refractivity contribution is 5.98. The largest absolute Gasteiger partial charge is 0.365 e. The second-order valence-electron chi connectivity index (χ2n) is 3.14. The normalized spacial score (nSPS) is 12.8. The molecular weight excluding hydrogens is 190 g/mol. The summed E-state index contributed by atoms with van der Waals surface area (Å²) < 4.78 is 0. The number of rotatable bonds is 4. The molecule has 0 rings (SSSR count). The fourth-order valence-corrected chi connectivity index (χ4v) is 1.29. The zero-order valence-corrected chi connectivity index (χ0v) is 9.26. The lowest BCUT2D eigenvalue weighted by Crippen LogP contribution is -2.13. The van der Waals surface area contributed by atoms with Gasteiger partial charge in [0, 0.05) is 0 Å². The van der Waals surface area contributed by atoms with Gasteiger partial charge in [-0.3, -0.25) is 9.59 Å². The number of terminal acetylenes is 1. The van der Waals surface area contributed by atoms with Gasteiger partial charge in [0.05, 0.1) is 5.57 Å². The fourth-order valence-electron chi connectivity index (χ4n) is 1.29. The van der Waals surface area contributed by atoms with E-state index in [2.05, 4.69) is 5.92 Å². The molecule has 80 valence electrons. The van der Waals surface area contributed by atoms with Crippen LogP contribution in [-0.2, 0) is 9.59 Å². The Balaban J connectivity index is 5.34. The van der Waals surface area contributed by atoms with E-state index in [-0.39, 0.29) is 11.4 Å². The molecule has 1 amide bonds. The second kappa shape index (κ2) is 5.82. The summed E-state index contributed by atoms with van der Waals surface area (Å²) in [6, 6.07) is 0. The third kappa shape index (κ3) is 3.82. The molecule has 3 nitrogen and oxygen atoms in total. The molecule has 0 spiro atoms. The molecule has 0 aliphatic carbocycles. The van der Waals surface area contributed by atoms with Crippen LogP contribution in [0, 0.1) is 12.3 Å². The highest BCUT2D eigenvalue weighted by atomic mass is 16.1. The van der Waals surface area contributed by atoms with Crippen LogP contribution in [-0.4, -0.2) is 11.7 Å². The molecule has 0 radical (unpaired) electrons. The van der Waals surface area contributed by atoms with Crippen molar-refractivity contribution >= 4 is 11.7 Å². The van der Waals surface area contributed by atoms with E-state index in [1.54, 1.807) is 6.92 Å². The minimum absolute atomic E-state index is 0.0212. The van der Waals surface area contributed by atoms with Crippen LogP contribution in [0.3, 0.4) is 0 Å². The summed E-state index contributed by atoms with van der Waals surface area (Å²) in [7, 11) is 0. The first-order valence-electron chi connectivity index (χ1n) is 4.62. The van der Waals surface area contributed by atoms with Crippen LogP contribution in [0.25, 0.3) is 0 Å². The summed E-state index contributed by atoms with van der Waals surface area (Å²) in [6.45, 7) is 5.09. The van der Waals surface area contributed by atoms with Gasteiger partial charge in [0.1, 0.15) is 0 Å². The molecule has 0 aromatic heterocycles. The highest BCUT2D eigenvalue weighted by Gasteiger charge is 2.06. The number of primary amides is 1. The van der Waals surface area contributed by atoms with E-state index in [0.717, 1.165) is 0 Å². The van der Waals surface area contributed by atoms with Crippen molar-refractivity contribution in [1.29, 1.82) is 0 Å². The number of carbonyl (C=O) groups excluding carboxylic acids is 2. The van der Waals surface area contributed by atoms with Crippen LogP contribution in [0.4, 0.5) is 0 Å². The summed E-state index contributed by atoms with van der Waals surface area (Å²) in [5, 5.41) is 0. The van der Waals surface area contributed by atoms with Crippen LogP contribution in [0.5, 0.6) is 0 Å². The number of hydrogen-bond donors (Lipinski definition) is 1. The first-order chi connectivity index (χ1) is 6.93. The van der Waals surface area contributed by atoms with Crippen molar-refractivity contribution in [2.45, 2.75) is 27.2 Å². The first-order valence-corrected chi connectivity index (χ1v) is 4.62. The Morgan fingerprint density at radius 3 is 2.20 bits per heavy atom. The van der Waals surface area contributed by atoms with Gasteiger partial charge in [-0.1, -0.05) is 12.8 Å². The number of carbonyl (C=O) groups is 2. The maximum Gasteiger partial charge on any atom is 0.257 e. The van der Waals surface area contributed by atoms with Crippen molar-refractivity contribution in [3.05, 3.63) is 22.8 Å². The minimum Gasteiger partial charge on any atom is -0.365 e. The van der Waals surface area contributed by atoms with E-state index in [0.29, 0.717) is 17.6 Å². The van der Waals surface area contributed by atoms with Gasteiger partial charge in [-0.25, -0.2) is 0 Å². The second-order valence-corrected chi connectivity index (χ2v) is 3.14. The Kier molecular flexibility index (Phi) is 5.11. The van der Waals surface area contributed by atoms with Crippen molar-refractivity contribution in [2.75, 3.05) is 0 Å². The minimum atomic E-state index is -0.657. The Morgan fingerprint density at radius 1 is 1.40 bits per heavy atom. The van der Waals surface area contributed by atoms with E-state index >= 15 is 0 Å². The lowest BCUT2D eigenvalue weighted by molar-refractivity contribution is -0.114. The summed E-state index contributed by atoms with van der Waals surface area (Å²) >= 11 is 0. The standard InChI is InChI=1S/C12H15NO2/c1-5-10(12(13)15)7-8(3)11(6-2)9(4)14/h1,7H,6H2,2-4H3,(H2,13,15)/b10-7+,11-8+. The average Bonchev–Trinajstić information content (AvgIpc) is 2.14. The Bertz CT molecular complexity index is 381. The SMILES string of the molecule is C#C/C(=C\C(C)=C(/CC)C(C)=O)C(N)=O. The molecule has 0 unspecified atom stereocenters. The van der Waals surface area contributed by atoms with Crippen molar-refractivity contribution in [1.82, 2.24) is 0 Å².